The first kappa shape index (κ1) is 16.7. The van der Waals surface area contributed by atoms with Crippen LogP contribution in [0.15, 0.2) is 48.7 Å². The summed E-state index contributed by atoms with van der Waals surface area (Å²) < 4.78 is 8.09. The van der Waals surface area contributed by atoms with Crippen molar-refractivity contribution in [3.63, 3.8) is 0 Å². The first-order valence-corrected chi connectivity index (χ1v) is 9.12. The van der Waals surface area contributed by atoms with E-state index in [4.69, 9.17) is 4.74 Å². The number of aromatic nitrogens is 4. The first-order chi connectivity index (χ1) is 12.9. The summed E-state index contributed by atoms with van der Waals surface area (Å²) in [5.74, 6) is 3.10. The van der Waals surface area contributed by atoms with Crippen molar-refractivity contribution in [3.05, 3.63) is 71.6 Å². The van der Waals surface area contributed by atoms with Crippen LogP contribution in [0.1, 0.15) is 29.3 Å². The lowest BCUT2D eigenvalue weighted by Gasteiger charge is -2.09. The van der Waals surface area contributed by atoms with Crippen LogP contribution in [-0.4, -0.2) is 26.3 Å². The van der Waals surface area contributed by atoms with E-state index < -0.39 is 0 Å². The number of rotatable bonds is 8. The van der Waals surface area contributed by atoms with Crippen molar-refractivity contribution < 1.29 is 4.74 Å². The molecule has 1 aromatic carbocycles. The summed E-state index contributed by atoms with van der Waals surface area (Å²) in [6.45, 7) is 3.24. The molecular formula is C20H23N5O. The molecular weight excluding hydrogens is 326 g/mol. The van der Waals surface area contributed by atoms with E-state index in [2.05, 4.69) is 37.2 Å². The summed E-state index contributed by atoms with van der Waals surface area (Å²) in [5, 5.41) is 12.0. The lowest BCUT2D eigenvalue weighted by Crippen LogP contribution is -2.18. The quantitative estimate of drug-likeness (QED) is 0.633. The molecule has 0 amide bonds. The van der Waals surface area contributed by atoms with Gasteiger partial charge in [0.1, 0.15) is 24.0 Å². The molecule has 0 aliphatic carbocycles. The molecule has 6 heteroatoms. The fourth-order valence-electron chi connectivity index (χ4n) is 3.21. The van der Waals surface area contributed by atoms with Crippen molar-refractivity contribution in [2.75, 3.05) is 6.54 Å². The molecule has 0 spiro atoms. The van der Waals surface area contributed by atoms with Gasteiger partial charge in [-0.2, -0.15) is 0 Å². The molecule has 2 aromatic heterocycles. The number of fused-ring (bicyclic) bond motifs is 1. The average molecular weight is 349 g/mol. The SMILES string of the molecule is c1ccc(COc2cccc(CNCCc3nnc4n3CCC4)c2)nc1. The predicted molar refractivity (Wildman–Crippen MR) is 98.8 cm³/mol. The van der Waals surface area contributed by atoms with E-state index in [9.17, 15) is 0 Å². The van der Waals surface area contributed by atoms with E-state index in [-0.39, 0.29) is 0 Å². The monoisotopic (exact) mass is 349 g/mol. The van der Waals surface area contributed by atoms with Crippen molar-refractivity contribution in [2.24, 2.45) is 0 Å². The highest BCUT2D eigenvalue weighted by molar-refractivity contribution is 5.28. The minimum atomic E-state index is 0.482. The molecule has 134 valence electrons. The molecule has 0 saturated carbocycles. The molecule has 0 bridgehead atoms. The molecule has 0 atom stereocenters. The number of aryl methyl sites for hydroxylation is 1. The maximum atomic E-state index is 5.84. The molecule has 6 nitrogen and oxygen atoms in total. The summed E-state index contributed by atoms with van der Waals surface area (Å²) >= 11 is 0. The third-order valence-electron chi connectivity index (χ3n) is 4.55. The average Bonchev–Trinajstić information content (AvgIpc) is 3.29. The molecule has 26 heavy (non-hydrogen) atoms. The second-order valence-corrected chi connectivity index (χ2v) is 6.47. The number of pyridine rings is 1. The first-order valence-electron chi connectivity index (χ1n) is 9.12. The third kappa shape index (κ3) is 4.08. The van der Waals surface area contributed by atoms with Crippen LogP contribution in [0.3, 0.4) is 0 Å². The van der Waals surface area contributed by atoms with Gasteiger partial charge in [-0.05, 0) is 36.2 Å². The smallest absolute Gasteiger partial charge is 0.134 e. The van der Waals surface area contributed by atoms with Crippen LogP contribution < -0.4 is 10.1 Å². The molecule has 3 aromatic rings. The van der Waals surface area contributed by atoms with Gasteiger partial charge in [-0.15, -0.1) is 10.2 Å². The second kappa shape index (κ2) is 8.10. The Labute approximate surface area is 153 Å². The van der Waals surface area contributed by atoms with Crippen LogP contribution in [0.25, 0.3) is 0 Å². The van der Waals surface area contributed by atoms with Gasteiger partial charge in [0.25, 0.3) is 0 Å². The molecule has 0 radical (unpaired) electrons. The second-order valence-electron chi connectivity index (χ2n) is 6.47. The van der Waals surface area contributed by atoms with E-state index >= 15 is 0 Å². The van der Waals surface area contributed by atoms with E-state index in [0.717, 1.165) is 55.6 Å². The van der Waals surface area contributed by atoms with Crippen LogP contribution in [0, 0.1) is 0 Å². The Kier molecular flexibility index (Phi) is 5.21. The van der Waals surface area contributed by atoms with Crippen LogP contribution in [-0.2, 0) is 32.5 Å². The summed E-state index contributed by atoms with van der Waals surface area (Å²) in [5.41, 5.74) is 2.13. The Bertz CT molecular complexity index is 846. The van der Waals surface area contributed by atoms with Gasteiger partial charge in [0.2, 0.25) is 0 Å². The summed E-state index contributed by atoms with van der Waals surface area (Å²) in [4.78, 5) is 4.28. The molecule has 4 rings (SSSR count). The molecule has 1 aliphatic heterocycles. The minimum Gasteiger partial charge on any atom is -0.487 e. The van der Waals surface area contributed by atoms with Crippen molar-refractivity contribution in [3.8, 4) is 5.75 Å². The summed E-state index contributed by atoms with van der Waals surface area (Å²) in [6, 6.07) is 14.0. The Morgan fingerprint density at radius 1 is 1.12 bits per heavy atom. The topological polar surface area (TPSA) is 64.9 Å². The van der Waals surface area contributed by atoms with Crippen molar-refractivity contribution >= 4 is 0 Å². The van der Waals surface area contributed by atoms with E-state index in [1.54, 1.807) is 6.20 Å². The summed E-state index contributed by atoms with van der Waals surface area (Å²) in [7, 11) is 0. The molecule has 1 aliphatic rings. The Balaban J connectivity index is 1.24. The van der Waals surface area contributed by atoms with Crippen molar-refractivity contribution in [1.29, 1.82) is 0 Å². The van der Waals surface area contributed by atoms with Gasteiger partial charge in [-0.25, -0.2) is 0 Å². The van der Waals surface area contributed by atoms with Crippen LogP contribution in [0.4, 0.5) is 0 Å². The number of ether oxygens (including phenoxy) is 1. The number of hydrogen-bond acceptors (Lipinski definition) is 5. The number of hydrogen-bond donors (Lipinski definition) is 1. The molecule has 0 saturated heterocycles. The highest BCUT2D eigenvalue weighted by Gasteiger charge is 2.16. The number of nitrogens with one attached hydrogen (secondary N) is 1. The number of nitrogens with zero attached hydrogens (tertiary/aromatic N) is 4. The maximum absolute atomic E-state index is 5.84. The third-order valence-corrected chi connectivity index (χ3v) is 4.55. The van der Waals surface area contributed by atoms with Crippen molar-refractivity contribution in [2.45, 2.75) is 39.0 Å². The molecule has 0 unspecified atom stereocenters. The van der Waals surface area contributed by atoms with Crippen LogP contribution in [0.5, 0.6) is 5.75 Å². The van der Waals surface area contributed by atoms with Gasteiger partial charge in [0, 0.05) is 38.7 Å². The summed E-state index contributed by atoms with van der Waals surface area (Å²) in [6.07, 6.45) is 4.94. The van der Waals surface area contributed by atoms with Gasteiger partial charge in [-0.1, -0.05) is 18.2 Å². The maximum Gasteiger partial charge on any atom is 0.134 e. The fourth-order valence-corrected chi connectivity index (χ4v) is 3.21. The largest absolute Gasteiger partial charge is 0.487 e. The van der Waals surface area contributed by atoms with E-state index in [1.807, 2.05) is 30.3 Å². The Morgan fingerprint density at radius 2 is 2.12 bits per heavy atom. The van der Waals surface area contributed by atoms with E-state index in [0.29, 0.717) is 6.61 Å². The van der Waals surface area contributed by atoms with Gasteiger partial charge < -0.3 is 14.6 Å². The van der Waals surface area contributed by atoms with Crippen molar-refractivity contribution in [1.82, 2.24) is 25.1 Å². The van der Waals surface area contributed by atoms with Gasteiger partial charge in [0.05, 0.1) is 5.69 Å². The number of benzene rings is 1. The zero-order chi connectivity index (χ0) is 17.6. The standard InChI is InChI=1S/C20H23N5O/c1-2-10-22-17(6-1)15-26-18-7-3-5-16(13-18)14-21-11-9-20-24-23-19-8-4-12-25(19)20/h1-3,5-7,10,13,21H,4,8-9,11-12,14-15H2. The minimum absolute atomic E-state index is 0.482. The molecule has 1 N–H and O–H groups in total. The lowest BCUT2D eigenvalue weighted by molar-refractivity contribution is 0.301. The normalized spacial score (nSPS) is 12.9. The zero-order valence-corrected chi connectivity index (χ0v) is 14.8. The fraction of sp³-hybridized carbons (Fsp3) is 0.350. The highest BCUT2D eigenvalue weighted by atomic mass is 16.5. The molecule has 0 fully saturated rings. The highest BCUT2D eigenvalue weighted by Crippen LogP contribution is 2.15. The van der Waals surface area contributed by atoms with Crippen LogP contribution in [0.2, 0.25) is 0 Å². The Morgan fingerprint density at radius 3 is 3.04 bits per heavy atom. The van der Waals surface area contributed by atoms with Gasteiger partial charge in [-0.3, -0.25) is 4.98 Å². The van der Waals surface area contributed by atoms with E-state index in [1.165, 1.54) is 12.0 Å². The Hall–Kier alpha value is -2.73. The van der Waals surface area contributed by atoms with Gasteiger partial charge in [0.15, 0.2) is 0 Å². The van der Waals surface area contributed by atoms with Gasteiger partial charge >= 0.3 is 0 Å². The van der Waals surface area contributed by atoms with Crippen LogP contribution >= 0.6 is 0 Å². The predicted octanol–water partition coefficient (Wildman–Crippen LogP) is 2.53. The lowest BCUT2D eigenvalue weighted by atomic mass is 10.2. The zero-order valence-electron chi connectivity index (χ0n) is 14.8. The molecule has 3 heterocycles.